The highest BCUT2D eigenvalue weighted by atomic mass is 16.6. The fraction of sp³-hybridized carbons (Fsp3) is 0.278. The molecule has 0 fully saturated rings. The lowest BCUT2D eigenvalue weighted by Crippen LogP contribution is -2.28. The van der Waals surface area contributed by atoms with Gasteiger partial charge in [-0.2, -0.15) is 10.2 Å². The Balaban J connectivity index is 1.62. The normalized spacial score (nSPS) is 11.8. The molecule has 3 rings (SSSR count). The monoisotopic (exact) mass is 384 g/mol. The van der Waals surface area contributed by atoms with Gasteiger partial charge in [-0.25, -0.2) is 4.68 Å². The lowest BCUT2D eigenvalue weighted by molar-refractivity contribution is -0.386. The highest BCUT2D eigenvalue weighted by Gasteiger charge is 2.17. The summed E-state index contributed by atoms with van der Waals surface area (Å²) < 4.78 is 8.67. The molecule has 2 aromatic heterocycles. The minimum atomic E-state index is -0.514. The van der Waals surface area contributed by atoms with Gasteiger partial charge in [0.25, 0.3) is 5.91 Å². The van der Waals surface area contributed by atoms with Crippen molar-refractivity contribution in [2.45, 2.75) is 33.2 Å². The topological polar surface area (TPSA) is 117 Å². The predicted octanol–water partition coefficient (Wildman–Crippen LogP) is 2.54. The van der Waals surface area contributed by atoms with Gasteiger partial charge in [-0.3, -0.25) is 19.6 Å². The first-order valence-electron chi connectivity index (χ1n) is 8.71. The first kappa shape index (κ1) is 19.1. The number of carbonyl (C=O) groups excluding carboxylic acids is 1. The summed E-state index contributed by atoms with van der Waals surface area (Å²) in [5, 5.41) is 22.3. The predicted molar refractivity (Wildman–Crippen MR) is 99.7 cm³/mol. The van der Waals surface area contributed by atoms with Crippen molar-refractivity contribution in [2.75, 3.05) is 0 Å². The minimum absolute atomic E-state index is 0.0592. The van der Waals surface area contributed by atoms with Gasteiger partial charge in [-0.15, -0.1) is 0 Å². The van der Waals surface area contributed by atoms with Crippen LogP contribution in [0.4, 0.5) is 5.69 Å². The molecule has 0 radical (unpaired) electrons. The maximum absolute atomic E-state index is 12.4. The highest BCUT2D eigenvalue weighted by Crippen LogP contribution is 2.26. The Morgan fingerprint density at radius 3 is 2.86 bits per heavy atom. The Morgan fingerprint density at radius 1 is 1.32 bits per heavy atom. The Labute approximate surface area is 160 Å². The zero-order chi connectivity index (χ0) is 20.1. The Hall–Kier alpha value is -3.69. The summed E-state index contributed by atoms with van der Waals surface area (Å²) >= 11 is 0. The van der Waals surface area contributed by atoms with Gasteiger partial charge in [0.2, 0.25) is 0 Å². The number of para-hydroxylation sites is 2. The molecule has 0 aliphatic carbocycles. The van der Waals surface area contributed by atoms with Crippen molar-refractivity contribution >= 4 is 11.6 Å². The zero-order valence-corrected chi connectivity index (χ0v) is 15.5. The van der Waals surface area contributed by atoms with Crippen molar-refractivity contribution in [2.24, 2.45) is 0 Å². The average molecular weight is 384 g/mol. The van der Waals surface area contributed by atoms with E-state index >= 15 is 0 Å². The van der Waals surface area contributed by atoms with Crippen LogP contribution in [0.2, 0.25) is 0 Å². The van der Waals surface area contributed by atoms with Crippen LogP contribution in [0, 0.1) is 10.1 Å². The summed E-state index contributed by atoms with van der Waals surface area (Å²) in [4.78, 5) is 22.9. The van der Waals surface area contributed by atoms with Crippen LogP contribution >= 0.6 is 0 Å². The highest BCUT2D eigenvalue weighted by molar-refractivity contribution is 5.92. The number of nitro benzene ring substituents is 1. The molecule has 0 saturated heterocycles. The molecular formula is C18H20N6O4. The van der Waals surface area contributed by atoms with Crippen LogP contribution in [0.3, 0.4) is 0 Å². The largest absolute Gasteiger partial charge is 0.464 e. The van der Waals surface area contributed by atoms with Crippen molar-refractivity contribution < 1.29 is 14.5 Å². The summed E-state index contributed by atoms with van der Waals surface area (Å²) in [6.07, 6.45) is 3.26. The van der Waals surface area contributed by atoms with Gasteiger partial charge in [0.1, 0.15) is 5.69 Å². The van der Waals surface area contributed by atoms with Crippen molar-refractivity contribution in [3.8, 4) is 5.75 Å². The first-order valence-corrected chi connectivity index (χ1v) is 8.71. The third-order valence-corrected chi connectivity index (χ3v) is 4.13. The SMILES string of the molecule is CCn1nccc1C(C)NC(=O)c1ccn(COc2ccccc2[N+](=O)[O-])n1. The molecular weight excluding hydrogens is 364 g/mol. The average Bonchev–Trinajstić information content (AvgIpc) is 3.35. The number of nitro groups is 1. The van der Waals surface area contributed by atoms with Crippen LogP contribution in [0.25, 0.3) is 0 Å². The molecule has 2 heterocycles. The molecule has 1 N–H and O–H groups in total. The van der Waals surface area contributed by atoms with Crippen molar-refractivity contribution in [3.63, 3.8) is 0 Å². The van der Waals surface area contributed by atoms with Gasteiger partial charge in [-0.1, -0.05) is 12.1 Å². The van der Waals surface area contributed by atoms with Crippen molar-refractivity contribution in [3.05, 3.63) is 70.3 Å². The standard InChI is InChI=1S/C18H20N6O4/c1-3-23-15(8-10-19-23)13(2)20-18(25)14-9-11-22(21-14)12-28-17-7-5-4-6-16(17)24(26)27/h4-11,13H,3,12H2,1-2H3,(H,20,25). The summed E-state index contributed by atoms with van der Waals surface area (Å²) in [7, 11) is 0. The molecule has 1 unspecified atom stereocenters. The second-order valence-electron chi connectivity index (χ2n) is 6.01. The third kappa shape index (κ3) is 4.17. The van der Waals surface area contributed by atoms with Gasteiger partial charge in [0, 0.05) is 25.0 Å². The molecule has 0 saturated carbocycles. The van der Waals surface area contributed by atoms with E-state index in [0.29, 0.717) is 6.54 Å². The second-order valence-corrected chi connectivity index (χ2v) is 6.01. The quantitative estimate of drug-likeness (QED) is 0.471. The van der Waals surface area contributed by atoms with Crippen LogP contribution in [0.1, 0.15) is 36.1 Å². The molecule has 0 bridgehead atoms. The van der Waals surface area contributed by atoms with E-state index in [0.717, 1.165) is 5.69 Å². The molecule has 10 nitrogen and oxygen atoms in total. The first-order chi connectivity index (χ1) is 13.5. The molecule has 0 aliphatic rings. The maximum atomic E-state index is 12.4. The molecule has 28 heavy (non-hydrogen) atoms. The Bertz CT molecular complexity index is 980. The van der Waals surface area contributed by atoms with Gasteiger partial charge < -0.3 is 10.1 Å². The van der Waals surface area contributed by atoms with Crippen LogP contribution in [0.15, 0.2) is 48.8 Å². The fourth-order valence-electron chi connectivity index (χ4n) is 2.74. The van der Waals surface area contributed by atoms with E-state index in [4.69, 9.17) is 4.74 Å². The van der Waals surface area contributed by atoms with E-state index in [9.17, 15) is 14.9 Å². The number of nitrogens with one attached hydrogen (secondary N) is 1. The molecule has 0 spiro atoms. The van der Waals surface area contributed by atoms with Crippen LogP contribution < -0.4 is 10.1 Å². The summed E-state index contributed by atoms with van der Waals surface area (Å²) in [6, 6.07) is 9.26. The van der Waals surface area contributed by atoms with Crippen molar-refractivity contribution in [1.29, 1.82) is 0 Å². The maximum Gasteiger partial charge on any atom is 0.311 e. The summed E-state index contributed by atoms with van der Waals surface area (Å²) in [5.41, 5.74) is 0.990. The molecule has 1 aromatic carbocycles. The number of benzene rings is 1. The fourth-order valence-corrected chi connectivity index (χ4v) is 2.74. The number of amides is 1. The molecule has 1 atom stereocenters. The van der Waals surface area contributed by atoms with E-state index in [1.165, 1.54) is 16.8 Å². The smallest absolute Gasteiger partial charge is 0.311 e. The number of hydrogen-bond donors (Lipinski definition) is 1. The number of rotatable bonds is 8. The minimum Gasteiger partial charge on any atom is -0.464 e. The van der Waals surface area contributed by atoms with E-state index in [1.807, 2.05) is 24.6 Å². The molecule has 146 valence electrons. The summed E-state index contributed by atoms with van der Waals surface area (Å²) in [6.45, 7) is 4.50. The van der Waals surface area contributed by atoms with E-state index in [1.54, 1.807) is 30.6 Å². The van der Waals surface area contributed by atoms with Crippen LogP contribution in [-0.2, 0) is 13.3 Å². The number of ether oxygens (including phenoxy) is 1. The number of hydrogen-bond acceptors (Lipinski definition) is 6. The molecule has 0 aliphatic heterocycles. The Morgan fingerprint density at radius 2 is 2.11 bits per heavy atom. The van der Waals surface area contributed by atoms with Crippen LogP contribution in [0.5, 0.6) is 5.75 Å². The van der Waals surface area contributed by atoms with E-state index in [-0.39, 0.29) is 35.8 Å². The van der Waals surface area contributed by atoms with Gasteiger partial charge in [-0.05, 0) is 32.0 Å². The zero-order valence-electron chi connectivity index (χ0n) is 15.5. The lowest BCUT2D eigenvalue weighted by Gasteiger charge is -2.14. The molecule has 3 aromatic rings. The van der Waals surface area contributed by atoms with Gasteiger partial charge >= 0.3 is 5.69 Å². The second kappa shape index (κ2) is 8.33. The van der Waals surface area contributed by atoms with E-state index < -0.39 is 4.92 Å². The van der Waals surface area contributed by atoms with E-state index in [2.05, 4.69) is 15.5 Å². The lowest BCUT2D eigenvalue weighted by atomic mass is 10.2. The van der Waals surface area contributed by atoms with Gasteiger partial charge in [0.15, 0.2) is 12.5 Å². The molecule has 10 heteroatoms. The number of carbonyl (C=O) groups is 1. The molecule has 1 amide bonds. The number of nitrogens with zero attached hydrogens (tertiary/aromatic N) is 5. The number of aromatic nitrogens is 4. The summed E-state index contributed by atoms with van der Waals surface area (Å²) in [5.74, 6) is -0.198. The number of aryl methyl sites for hydroxylation is 1. The third-order valence-electron chi connectivity index (χ3n) is 4.13. The van der Waals surface area contributed by atoms with Crippen molar-refractivity contribution in [1.82, 2.24) is 24.9 Å². The Kier molecular flexibility index (Phi) is 5.68. The van der Waals surface area contributed by atoms with Crippen LogP contribution in [-0.4, -0.2) is 30.4 Å². The van der Waals surface area contributed by atoms with Gasteiger partial charge in [0.05, 0.1) is 16.7 Å².